The van der Waals surface area contributed by atoms with E-state index in [1.165, 1.54) is 0 Å². The molecule has 0 bridgehead atoms. The fourth-order valence-corrected chi connectivity index (χ4v) is 3.95. The number of aromatic nitrogens is 1. The molecule has 1 aromatic heterocycles. The molecule has 2 atom stereocenters. The number of quaternary nitrogens is 1. The second-order valence-electron chi connectivity index (χ2n) is 8.39. The zero-order chi connectivity index (χ0) is 26.8. The van der Waals surface area contributed by atoms with E-state index in [-0.39, 0.29) is 15.9 Å². The number of carbonyl (C=O) groups excluding carboxylic acids is 2. The average molecular weight is 507 g/mol. The van der Waals surface area contributed by atoms with Gasteiger partial charge in [-0.15, -0.1) is 0 Å². The summed E-state index contributed by atoms with van der Waals surface area (Å²) in [5, 5.41) is 5.19. The van der Waals surface area contributed by atoms with E-state index >= 15 is 0 Å². The highest BCUT2D eigenvalue weighted by molar-refractivity contribution is 6.05. The third-order valence-electron chi connectivity index (χ3n) is 5.81. The van der Waals surface area contributed by atoms with E-state index < -0.39 is 29.6 Å². The Morgan fingerprint density at radius 2 is 1.86 bits per heavy atom. The van der Waals surface area contributed by atoms with Crippen molar-refractivity contribution in [3.05, 3.63) is 83.1 Å². The van der Waals surface area contributed by atoms with Crippen LogP contribution >= 0.6 is 0 Å². The first-order chi connectivity index (χ1) is 17.5. The summed E-state index contributed by atoms with van der Waals surface area (Å²) in [6.07, 6.45) is 1.62. The predicted octanol–water partition coefficient (Wildman–Crippen LogP) is 3.85. The maximum atomic E-state index is 12.9. The summed E-state index contributed by atoms with van der Waals surface area (Å²) in [5.41, 5.74) is 1.41. The van der Waals surface area contributed by atoms with Gasteiger partial charge in [0.05, 0.1) is 36.6 Å². The Hall–Kier alpha value is -4.56. The highest BCUT2D eigenvalue weighted by Crippen LogP contribution is 2.34. The van der Waals surface area contributed by atoms with Gasteiger partial charge < -0.3 is 10.6 Å². The van der Waals surface area contributed by atoms with E-state index in [1.54, 1.807) is 50.5 Å². The van der Waals surface area contributed by atoms with Crippen LogP contribution in [0.4, 0.5) is 19.0 Å². The molecule has 2 aliphatic rings. The number of benzene rings is 1. The summed E-state index contributed by atoms with van der Waals surface area (Å²) in [7, 11) is 1.92. The molecule has 2 aromatic rings. The fourth-order valence-electron chi connectivity index (χ4n) is 3.95. The molecule has 0 radical (unpaired) electrons. The van der Waals surface area contributed by atoms with E-state index in [4.69, 9.17) is 4.99 Å². The number of fused-ring (bicyclic) bond motifs is 1. The van der Waals surface area contributed by atoms with Crippen LogP contribution in [0, 0.1) is 11.8 Å². The number of nitrogens with zero attached hydrogens (tertiary/aromatic N) is 4. The maximum absolute atomic E-state index is 12.9. The second kappa shape index (κ2) is 9.83. The van der Waals surface area contributed by atoms with Crippen molar-refractivity contribution in [3.63, 3.8) is 0 Å². The number of nitrogens with one attached hydrogen (secondary N) is 2. The number of amides is 2. The Bertz CT molecular complexity index is 1450. The van der Waals surface area contributed by atoms with Crippen molar-refractivity contribution in [2.45, 2.75) is 26.1 Å². The number of carbonyl (C=O) groups is 2. The molecule has 0 aliphatic carbocycles. The highest BCUT2D eigenvalue weighted by Gasteiger charge is 2.43. The number of hydrogen-bond acceptors (Lipinski definition) is 5. The zero-order valence-corrected chi connectivity index (χ0v) is 20.1. The van der Waals surface area contributed by atoms with Crippen LogP contribution in [0.5, 0.6) is 0 Å². The molecule has 4 rings (SSSR count). The zero-order valence-electron chi connectivity index (χ0n) is 20.1. The van der Waals surface area contributed by atoms with Gasteiger partial charge in [0.1, 0.15) is 17.7 Å². The lowest BCUT2D eigenvalue weighted by atomic mass is 10.1. The van der Waals surface area contributed by atoms with E-state index in [1.807, 2.05) is 13.2 Å². The van der Waals surface area contributed by atoms with Crippen LogP contribution in [0.15, 0.2) is 76.4 Å². The van der Waals surface area contributed by atoms with Crippen molar-refractivity contribution in [1.82, 2.24) is 10.3 Å². The van der Waals surface area contributed by atoms with Crippen LogP contribution in [-0.4, -0.2) is 46.4 Å². The Morgan fingerprint density at radius 1 is 1.14 bits per heavy atom. The van der Waals surface area contributed by atoms with E-state index in [2.05, 4.69) is 32.5 Å². The largest absolute Gasteiger partial charge is 0.416 e. The molecular weight excluding hydrogens is 485 g/mol. The van der Waals surface area contributed by atoms with Gasteiger partial charge in [-0.25, -0.2) is 9.47 Å². The maximum Gasteiger partial charge on any atom is 0.416 e. The molecule has 8 nitrogen and oxygen atoms in total. The fraction of sp³-hybridized carbons (Fsp3) is 0.192. The Balaban J connectivity index is 1.57. The van der Waals surface area contributed by atoms with Crippen molar-refractivity contribution < 1.29 is 27.2 Å². The minimum Gasteiger partial charge on any atom is -0.337 e. The first-order valence-corrected chi connectivity index (χ1v) is 11.1. The van der Waals surface area contributed by atoms with Crippen LogP contribution in [0.2, 0.25) is 0 Å². The molecule has 2 amide bonds. The first-order valence-electron chi connectivity index (χ1n) is 11.1. The van der Waals surface area contributed by atoms with Gasteiger partial charge in [0, 0.05) is 11.8 Å². The van der Waals surface area contributed by atoms with Crippen molar-refractivity contribution in [2.75, 3.05) is 12.4 Å². The Kier molecular flexibility index (Phi) is 6.78. The number of rotatable bonds is 5. The third-order valence-corrected chi connectivity index (χ3v) is 5.81. The summed E-state index contributed by atoms with van der Waals surface area (Å²) in [6, 6.07) is 7.65. The Labute approximate surface area is 210 Å². The van der Waals surface area contributed by atoms with Crippen LogP contribution in [0.25, 0.3) is 0 Å². The molecule has 2 aliphatic heterocycles. The van der Waals surface area contributed by atoms with Gasteiger partial charge in [-0.1, -0.05) is 5.92 Å². The summed E-state index contributed by atoms with van der Waals surface area (Å²) in [6.45, 7) is 3.38. The molecular formula is C26H22F3N6O2+. The number of hydrogen-bond donors (Lipinski definition) is 2. The molecule has 188 valence electrons. The molecule has 0 saturated heterocycles. The molecule has 37 heavy (non-hydrogen) atoms. The summed E-state index contributed by atoms with van der Waals surface area (Å²) < 4.78 is 39.0. The number of amidine groups is 1. The van der Waals surface area contributed by atoms with E-state index in [0.717, 1.165) is 24.0 Å². The van der Waals surface area contributed by atoms with Gasteiger partial charge in [-0.3, -0.25) is 14.6 Å². The van der Waals surface area contributed by atoms with E-state index in [0.29, 0.717) is 17.1 Å². The summed E-state index contributed by atoms with van der Waals surface area (Å²) in [4.78, 5) is 37.5. The lowest BCUT2D eigenvalue weighted by molar-refractivity contribution is -0.713. The standard InChI is InChI=1S/C26H21F3N6O2/c1-4-5-22(36)32-16(2)23-20-15-30-12-13-35(20,3)24(34-23)17-6-8-18(9-7-17)25(37)33-21-14-19(10-11-31-21)26(27,28)29/h6-16H,1-3H3,(H-,31,32,33,36,37)/p+1. The second-order valence-corrected chi connectivity index (χ2v) is 8.39. The van der Waals surface area contributed by atoms with Crippen LogP contribution in [-0.2, 0) is 11.0 Å². The van der Waals surface area contributed by atoms with Gasteiger partial charge in [0.25, 0.3) is 11.8 Å². The minimum atomic E-state index is -4.55. The van der Waals surface area contributed by atoms with Crippen LogP contribution in [0.1, 0.15) is 35.3 Å². The normalized spacial score (nSPS) is 18.9. The Morgan fingerprint density at radius 3 is 2.54 bits per heavy atom. The van der Waals surface area contributed by atoms with E-state index in [9.17, 15) is 22.8 Å². The molecule has 2 unspecified atom stereocenters. The highest BCUT2D eigenvalue weighted by atomic mass is 19.4. The van der Waals surface area contributed by atoms with Gasteiger partial charge in [0.15, 0.2) is 5.70 Å². The quantitative estimate of drug-likeness (QED) is 0.475. The first kappa shape index (κ1) is 25.5. The van der Waals surface area contributed by atoms with Crippen molar-refractivity contribution in [2.24, 2.45) is 9.98 Å². The topological polar surface area (TPSA) is 95.8 Å². The smallest absolute Gasteiger partial charge is 0.337 e. The molecule has 0 fully saturated rings. The van der Waals surface area contributed by atoms with Crippen molar-refractivity contribution in [3.8, 4) is 11.8 Å². The van der Waals surface area contributed by atoms with Crippen LogP contribution in [0.3, 0.4) is 0 Å². The lowest BCUT2D eigenvalue weighted by Gasteiger charge is -2.28. The number of allylic oxidation sites excluding steroid dienone is 1. The predicted molar refractivity (Wildman–Crippen MR) is 132 cm³/mol. The number of pyridine rings is 1. The number of aliphatic imine (C=N–C) groups is 2. The number of alkyl halides is 3. The number of halogens is 3. The van der Waals surface area contributed by atoms with Crippen LogP contribution < -0.4 is 10.6 Å². The molecule has 11 heteroatoms. The third kappa shape index (κ3) is 5.19. The number of anilines is 1. The monoisotopic (exact) mass is 507 g/mol. The minimum absolute atomic E-state index is 0.193. The molecule has 1 aromatic carbocycles. The average Bonchev–Trinajstić information content (AvgIpc) is 3.17. The molecule has 3 heterocycles. The van der Waals surface area contributed by atoms with Gasteiger partial charge in [-0.2, -0.15) is 18.2 Å². The summed E-state index contributed by atoms with van der Waals surface area (Å²) in [5.74, 6) is 4.41. The van der Waals surface area contributed by atoms with Gasteiger partial charge >= 0.3 is 6.18 Å². The van der Waals surface area contributed by atoms with Gasteiger partial charge in [0.2, 0.25) is 5.84 Å². The molecule has 0 spiro atoms. The lowest BCUT2D eigenvalue weighted by Crippen LogP contribution is -2.43. The molecule has 2 N–H and O–H groups in total. The van der Waals surface area contributed by atoms with Gasteiger partial charge in [-0.05, 0) is 56.2 Å². The summed E-state index contributed by atoms with van der Waals surface area (Å²) >= 11 is 0. The SMILES string of the molecule is CC#CC(=O)NC(C)C1=C2C=NC=C[N+]2(C)C(c2ccc(C(=O)Nc3cc(C(F)(F)F)ccn3)cc2)=N1. The van der Waals surface area contributed by atoms with Crippen molar-refractivity contribution in [1.29, 1.82) is 0 Å². The molecule has 0 saturated carbocycles. The van der Waals surface area contributed by atoms with Crippen molar-refractivity contribution >= 4 is 29.7 Å².